The van der Waals surface area contributed by atoms with Crippen LogP contribution in [-0.4, -0.2) is 48.1 Å². The molecule has 2 amide bonds. The molecule has 0 radical (unpaired) electrons. The second kappa shape index (κ2) is 11.1. The summed E-state index contributed by atoms with van der Waals surface area (Å²) < 4.78 is 14.6. The number of aryl methyl sites for hydroxylation is 1. The number of anilines is 1. The number of benzene rings is 2. The van der Waals surface area contributed by atoms with E-state index in [0.29, 0.717) is 25.5 Å². The lowest BCUT2D eigenvalue weighted by atomic mass is 9.94. The van der Waals surface area contributed by atoms with Crippen LogP contribution < -0.4 is 14.8 Å². The van der Waals surface area contributed by atoms with Gasteiger partial charge in [0.05, 0.1) is 23.9 Å². The smallest absolute Gasteiger partial charge is 0.270 e. The van der Waals surface area contributed by atoms with E-state index in [1.807, 2.05) is 41.3 Å². The summed E-state index contributed by atoms with van der Waals surface area (Å²) in [5, 5.41) is 5.02. The molecule has 39 heavy (non-hydrogen) atoms. The summed E-state index contributed by atoms with van der Waals surface area (Å²) in [5.41, 5.74) is 5.02. The van der Waals surface area contributed by atoms with Gasteiger partial charge in [0.1, 0.15) is 17.2 Å². The Bertz CT molecular complexity index is 1480. The highest BCUT2D eigenvalue weighted by molar-refractivity contribution is 7.17. The molecular weight excluding hydrogens is 510 g/mol. The molecule has 2 aliphatic heterocycles. The number of ether oxygens (including phenoxy) is 2. The summed E-state index contributed by atoms with van der Waals surface area (Å²) in [6.45, 7) is 2.79. The number of piperidine rings is 1. The van der Waals surface area contributed by atoms with Gasteiger partial charge in [-0.1, -0.05) is 18.2 Å². The summed E-state index contributed by atoms with van der Waals surface area (Å²) in [4.78, 5) is 27.4. The van der Waals surface area contributed by atoms with Crippen molar-refractivity contribution in [2.45, 2.75) is 38.6 Å². The molecule has 1 N–H and O–H groups in total. The van der Waals surface area contributed by atoms with Crippen LogP contribution in [0.4, 0.5) is 5.69 Å². The van der Waals surface area contributed by atoms with Crippen LogP contribution in [-0.2, 0) is 17.8 Å². The predicted molar refractivity (Wildman–Crippen MR) is 154 cm³/mol. The Labute approximate surface area is 232 Å². The molecule has 1 fully saturated rings. The van der Waals surface area contributed by atoms with Crippen molar-refractivity contribution in [1.29, 1.82) is 0 Å². The number of likely N-dealkylation sites (tertiary alicyclic amines) is 1. The Morgan fingerprint density at radius 3 is 2.62 bits per heavy atom. The number of thiophene rings is 1. The Morgan fingerprint density at radius 1 is 1.03 bits per heavy atom. The third-order valence-electron chi connectivity index (χ3n) is 7.92. The minimum Gasteiger partial charge on any atom is -0.497 e. The van der Waals surface area contributed by atoms with E-state index >= 15 is 0 Å². The summed E-state index contributed by atoms with van der Waals surface area (Å²) in [5.74, 6) is 2.32. The number of carbonyl (C=O) groups excluding carboxylic acids is 2. The highest BCUT2D eigenvalue weighted by Crippen LogP contribution is 2.30. The van der Waals surface area contributed by atoms with E-state index in [1.54, 1.807) is 18.4 Å². The van der Waals surface area contributed by atoms with Crippen molar-refractivity contribution >= 4 is 39.1 Å². The lowest BCUT2D eigenvalue weighted by molar-refractivity contribution is -0.116. The largest absolute Gasteiger partial charge is 0.497 e. The second-order valence-corrected chi connectivity index (χ2v) is 11.3. The SMILES string of the molecule is COc1ccc(Cn2c(C(=O)N3CCC(CCOc4ccc5c(c4)NC(=O)CC5)CC3)cc3sccc32)cc1. The first kappa shape index (κ1) is 25.5. The maximum atomic E-state index is 13.7. The first-order chi connectivity index (χ1) is 19.1. The van der Waals surface area contributed by atoms with Crippen molar-refractivity contribution in [3.8, 4) is 11.5 Å². The summed E-state index contributed by atoms with van der Waals surface area (Å²) >= 11 is 1.67. The van der Waals surface area contributed by atoms with Crippen LogP contribution in [0.2, 0.25) is 0 Å². The van der Waals surface area contributed by atoms with Gasteiger partial charge in [0.25, 0.3) is 5.91 Å². The number of methoxy groups -OCH3 is 1. The van der Waals surface area contributed by atoms with E-state index in [2.05, 4.69) is 33.5 Å². The fourth-order valence-electron chi connectivity index (χ4n) is 5.61. The van der Waals surface area contributed by atoms with Crippen LogP contribution in [0.25, 0.3) is 10.2 Å². The van der Waals surface area contributed by atoms with Gasteiger partial charge in [-0.15, -0.1) is 11.3 Å². The molecule has 0 atom stereocenters. The summed E-state index contributed by atoms with van der Waals surface area (Å²) in [6.07, 6.45) is 4.23. The Kier molecular flexibility index (Phi) is 7.28. The molecule has 2 aliphatic rings. The third kappa shape index (κ3) is 5.52. The zero-order valence-corrected chi connectivity index (χ0v) is 23.0. The van der Waals surface area contributed by atoms with Crippen LogP contribution >= 0.6 is 11.3 Å². The van der Waals surface area contributed by atoms with Crippen molar-refractivity contribution in [1.82, 2.24) is 9.47 Å². The quantitative estimate of drug-likeness (QED) is 0.297. The highest BCUT2D eigenvalue weighted by Gasteiger charge is 2.27. The van der Waals surface area contributed by atoms with Crippen molar-refractivity contribution in [3.05, 3.63) is 76.8 Å². The van der Waals surface area contributed by atoms with Crippen LogP contribution in [0.3, 0.4) is 0 Å². The van der Waals surface area contributed by atoms with Crippen molar-refractivity contribution in [2.75, 3.05) is 32.1 Å². The minimum atomic E-state index is 0.0637. The summed E-state index contributed by atoms with van der Waals surface area (Å²) in [6, 6.07) is 18.1. The van der Waals surface area contributed by atoms with Crippen LogP contribution in [0.1, 0.15) is 47.3 Å². The molecule has 0 saturated carbocycles. The van der Waals surface area contributed by atoms with Gasteiger partial charge < -0.3 is 24.3 Å². The number of rotatable bonds is 8. The topological polar surface area (TPSA) is 72.8 Å². The van der Waals surface area contributed by atoms with Gasteiger partial charge in [-0.3, -0.25) is 9.59 Å². The van der Waals surface area contributed by atoms with Gasteiger partial charge in [0.2, 0.25) is 5.91 Å². The van der Waals surface area contributed by atoms with Gasteiger partial charge in [-0.2, -0.15) is 0 Å². The van der Waals surface area contributed by atoms with Gasteiger partial charge in [-0.05, 0) is 78.4 Å². The first-order valence-electron chi connectivity index (χ1n) is 13.6. The molecule has 4 aromatic rings. The average Bonchev–Trinajstić information content (AvgIpc) is 3.56. The number of aromatic nitrogens is 1. The molecule has 0 unspecified atom stereocenters. The molecule has 202 valence electrons. The lowest BCUT2D eigenvalue weighted by Crippen LogP contribution is -2.39. The summed E-state index contributed by atoms with van der Waals surface area (Å²) in [7, 11) is 1.67. The molecule has 0 spiro atoms. The monoisotopic (exact) mass is 543 g/mol. The number of nitrogens with one attached hydrogen (secondary N) is 1. The van der Waals surface area contributed by atoms with Gasteiger partial charge in [0.15, 0.2) is 0 Å². The second-order valence-electron chi connectivity index (χ2n) is 10.4. The number of amides is 2. The minimum absolute atomic E-state index is 0.0637. The zero-order valence-electron chi connectivity index (χ0n) is 22.2. The Hall–Kier alpha value is -3.78. The fourth-order valence-corrected chi connectivity index (χ4v) is 6.43. The molecular formula is C31H33N3O4S. The molecule has 0 bridgehead atoms. The molecule has 7 nitrogen and oxygen atoms in total. The zero-order chi connectivity index (χ0) is 26.8. The van der Waals surface area contributed by atoms with Crippen LogP contribution in [0.15, 0.2) is 60.0 Å². The number of hydrogen-bond acceptors (Lipinski definition) is 5. The number of carbonyl (C=O) groups is 2. The predicted octanol–water partition coefficient (Wildman–Crippen LogP) is 5.97. The van der Waals surface area contributed by atoms with Gasteiger partial charge in [-0.25, -0.2) is 0 Å². The molecule has 2 aromatic carbocycles. The number of hydrogen-bond donors (Lipinski definition) is 1. The van der Waals surface area contributed by atoms with E-state index in [9.17, 15) is 9.59 Å². The average molecular weight is 544 g/mol. The maximum absolute atomic E-state index is 13.7. The lowest BCUT2D eigenvalue weighted by Gasteiger charge is -2.32. The van der Waals surface area contributed by atoms with Crippen molar-refractivity contribution < 1.29 is 19.1 Å². The normalized spacial score (nSPS) is 15.7. The standard InChI is InChI=1S/C31H33N3O4S/c1-37-24-6-2-22(3-7-24)20-34-27-13-17-39-29(27)19-28(34)31(36)33-14-10-21(11-15-33)12-16-38-25-8-4-23-5-9-30(35)32-26(23)18-25/h2-4,6-8,13,17-19,21H,5,9-12,14-16,20H2,1H3,(H,32,35). The Morgan fingerprint density at radius 2 is 1.82 bits per heavy atom. The van der Waals surface area contributed by atoms with Crippen LogP contribution in [0.5, 0.6) is 11.5 Å². The molecule has 1 saturated heterocycles. The molecule has 2 aromatic heterocycles. The molecule has 6 rings (SSSR count). The molecule has 8 heteroatoms. The van der Waals surface area contributed by atoms with E-state index in [0.717, 1.165) is 83.0 Å². The third-order valence-corrected chi connectivity index (χ3v) is 8.77. The highest BCUT2D eigenvalue weighted by atomic mass is 32.1. The van der Waals surface area contributed by atoms with E-state index in [1.165, 1.54) is 0 Å². The molecule has 0 aliphatic carbocycles. The van der Waals surface area contributed by atoms with Crippen LogP contribution in [0, 0.1) is 5.92 Å². The first-order valence-corrected chi connectivity index (χ1v) is 14.5. The van der Waals surface area contributed by atoms with Crippen molar-refractivity contribution in [2.24, 2.45) is 5.92 Å². The van der Waals surface area contributed by atoms with E-state index in [-0.39, 0.29) is 11.8 Å². The molecule has 4 heterocycles. The number of nitrogens with zero attached hydrogens (tertiary/aromatic N) is 2. The van der Waals surface area contributed by atoms with Gasteiger partial charge >= 0.3 is 0 Å². The number of fused-ring (bicyclic) bond motifs is 2. The van der Waals surface area contributed by atoms with Crippen molar-refractivity contribution in [3.63, 3.8) is 0 Å². The van der Waals surface area contributed by atoms with E-state index in [4.69, 9.17) is 9.47 Å². The Balaban J connectivity index is 1.05. The van der Waals surface area contributed by atoms with E-state index < -0.39 is 0 Å². The maximum Gasteiger partial charge on any atom is 0.270 e. The fraction of sp³-hybridized carbons (Fsp3) is 0.355. The van der Waals surface area contributed by atoms with Gasteiger partial charge in [0, 0.05) is 37.8 Å².